The number of hydrogen-bond acceptors (Lipinski definition) is 4. The molecule has 0 radical (unpaired) electrons. The summed E-state index contributed by atoms with van der Waals surface area (Å²) < 4.78 is 5.61. The van der Waals surface area contributed by atoms with Gasteiger partial charge in [-0.25, -0.2) is 4.79 Å². The first-order valence-electron chi connectivity index (χ1n) is 7.42. The van der Waals surface area contributed by atoms with Crippen molar-refractivity contribution < 1.29 is 19.7 Å². The highest BCUT2D eigenvalue weighted by Crippen LogP contribution is 2.22. The second kappa shape index (κ2) is 7.43. The number of aliphatic hydroxyl groups excluding tert-OH is 1. The van der Waals surface area contributed by atoms with Crippen molar-refractivity contribution in [1.82, 2.24) is 4.90 Å². The fraction of sp³-hybridized carbons (Fsp3) is 0.562. The molecule has 21 heavy (non-hydrogen) atoms. The van der Waals surface area contributed by atoms with Gasteiger partial charge in [-0.3, -0.25) is 4.90 Å². The molecule has 1 aromatic rings. The molecule has 2 unspecified atom stereocenters. The van der Waals surface area contributed by atoms with Crippen LogP contribution in [-0.4, -0.2) is 53.4 Å². The summed E-state index contributed by atoms with van der Waals surface area (Å²) in [6, 6.07) is 6.69. The van der Waals surface area contributed by atoms with Crippen molar-refractivity contribution >= 4 is 5.97 Å². The summed E-state index contributed by atoms with van der Waals surface area (Å²) in [5.74, 6) is -0.393. The largest absolute Gasteiger partial charge is 0.492 e. The smallest absolute Gasteiger partial charge is 0.335 e. The molecule has 1 fully saturated rings. The topological polar surface area (TPSA) is 70.0 Å². The summed E-state index contributed by atoms with van der Waals surface area (Å²) in [5.41, 5.74) is 0.226. The van der Waals surface area contributed by atoms with Crippen molar-refractivity contribution in [3.8, 4) is 5.75 Å². The summed E-state index contributed by atoms with van der Waals surface area (Å²) in [6.45, 7) is 1.18. The highest BCUT2D eigenvalue weighted by atomic mass is 16.5. The molecule has 2 N–H and O–H groups in total. The van der Waals surface area contributed by atoms with E-state index in [1.165, 1.54) is 6.07 Å². The number of benzene rings is 1. The molecule has 0 spiro atoms. The number of aromatic carboxylic acids is 1. The summed E-state index contributed by atoms with van der Waals surface area (Å²) in [4.78, 5) is 13.0. The van der Waals surface area contributed by atoms with Crippen LogP contribution in [0.25, 0.3) is 0 Å². The molecule has 5 heteroatoms. The highest BCUT2D eigenvalue weighted by Gasteiger charge is 2.26. The Bertz CT molecular complexity index is 477. The molecule has 1 aliphatic rings. The third-order valence-corrected chi connectivity index (χ3v) is 4.05. The molecule has 0 aromatic heterocycles. The third-order valence-electron chi connectivity index (χ3n) is 4.05. The molecule has 2 atom stereocenters. The van der Waals surface area contributed by atoms with Crippen LogP contribution in [0.5, 0.6) is 5.75 Å². The van der Waals surface area contributed by atoms with E-state index in [-0.39, 0.29) is 17.7 Å². The number of carboxylic acid groups (broad SMARTS) is 1. The average Bonchev–Trinajstić information content (AvgIpc) is 2.48. The standard InChI is InChI=1S/C16H23NO4/c1-17(14-7-2-3-8-15(14)18)9-10-21-13-6-4-5-12(11-13)16(19)20/h4-6,11,14-15,18H,2-3,7-10H2,1H3,(H,19,20). The lowest BCUT2D eigenvalue weighted by Gasteiger charge is -2.35. The van der Waals surface area contributed by atoms with Crippen LogP contribution in [0.3, 0.4) is 0 Å². The van der Waals surface area contributed by atoms with Crippen molar-refractivity contribution in [1.29, 1.82) is 0 Å². The minimum atomic E-state index is -0.956. The number of carbonyl (C=O) groups is 1. The zero-order valence-electron chi connectivity index (χ0n) is 12.4. The SMILES string of the molecule is CN(CCOc1cccc(C(=O)O)c1)C1CCCCC1O. The van der Waals surface area contributed by atoms with E-state index < -0.39 is 5.97 Å². The van der Waals surface area contributed by atoms with Crippen LogP contribution in [0.1, 0.15) is 36.0 Å². The normalized spacial score (nSPS) is 22.2. The molecule has 0 saturated heterocycles. The maximum atomic E-state index is 10.9. The van der Waals surface area contributed by atoms with Gasteiger partial charge in [-0.15, -0.1) is 0 Å². The van der Waals surface area contributed by atoms with E-state index in [1.54, 1.807) is 18.2 Å². The van der Waals surface area contributed by atoms with E-state index in [0.717, 1.165) is 25.7 Å². The monoisotopic (exact) mass is 293 g/mol. The molecular weight excluding hydrogens is 270 g/mol. The van der Waals surface area contributed by atoms with Gasteiger partial charge in [0.15, 0.2) is 0 Å². The predicted molar refractivity (Wildman–Crippen MR) is 79.8 cm³/mol. The number of likely N-dealkylation sites (N-methyl/N-ethyl adjacent to an activating group) is 1. The van der Waals surface area contributed by atoms with Crippen molar-refractivity contribution in [3.63, 3.8) is 0 Å². The zero-order valence-corrected chi connectivity index (χ0v) is 12.4. The van der Waals surface area contributed by atoms with Gasteiger partial charge in [-0.2, -0.15) is 0 Å². The zero-order chi connectivity index (χ0) is 15.2. The Hall–Kier alpha value is -1.59. The van der Waals surface area contributed by atoms with E-state index in [4.69, 9.17) is 9.84 Å². The van der Waals surface area contributed by atoms with Crippen LogP contribution in [-0.2, 0) is 0 Å². The summed E-state index contributed by atoms with van der Waals surface area (Å²) in [7, 11) is 2.00. The second-order valence-electron chi connectivity index (χ2n) is 5.58. The van der Waals surface area contributed by atoms with Gasteiger partial charge in [0.05, 0.1) is 11.7 Å². The molecule has 0 heterocycles. The van der Waals surface area contributed by atoms with Gasteiger partial charge in [0.2, 0.25) is 0 Å². The molecule has 0 amide bonds. The molecule has 2 rings (SSSR count). The molecular formula is C16H23NO4. The Labute approximate surface area is 125 Å². The number of aliphatic hydroxyl groups is 1. The third kappa shape index (κ3) is 4.44. The van der Waals surface area contributed by atoms with Gasteiger partial charge in [0, 0.05) is 12.6 Å². The maximum Gasteiger partial charge on any atom is 0.335 e. The molecule has 5 nitrogen and oxygen atoms in total. The average molecular weight is 293 g/mol. The van der Waals surface area contributed by atoms with Crippen LogP contribution in [0.15, 0.2) is 24.3 Å². The van der Waals surface area contributed by atoms with E-state index in [2.05, 4.69) is 4.90 Å². The van der Waals surface area contributed by atoms with Gasteiger partial charge in [-0.1, -0.05) is 18.9 Å². The molecule has 1 aromatic carbocycles. The Morgan fingerprint density at radius 1 is 1.38 bits per heavy atom. The maximum absolute atomic E-state index is 10.9. The van der Waals surface area contributed by atoms with Crippen molar-refractivity contribution in [3.05, 3.63) is 29.8 Å². The lowest BCUT2D eigenvalue weighted by molar-refractivity contribution is 0.0272. The molecule has 116 valence electrons. The minimum Gasteiger partial charge on any atom is -0.492 e. The first kappa shape index (κ1) is 15.8. The lowest BCUT2D eigenvalue weighted by Crippen LogP contribution is -2.44. The molecule has 1 saturated carbocycles. The van der Waals surface area contributed by atoms with Gasteiger partial charge < -0.3 is 14.9 Å². The quantitative estimate of drug-likeness (QED) is 0.839. The minimum absolute atomic E-state index is 0.202. The van der Waals surface area contributed by atoms with Crippen LogP contribution in [0, 0.1) is 0 Å². The molecule has 0 aliphatic heterocycles. The first-order chi connectivity index (χ1) is 10.1. The van der Waals surface area contributed by atoms with Gasteiger partial charge >= 0.3 is 5.97 Å². The van der Waals surface area contributed by atoms with Gasteiger partial charge in [0.25, 0.3) is 0 Å². The first-order valence-corrected chi connectivity index (χ1v) is 7.42. The second-order valence-corrected chi connectivity index (χ2v) is 5.58. The summed E-state index contributed by atoms with van der Waals surface area (Å²) in [6.07, 6.45) is 3.90. The Kier molecular flexibility index (Phi) is 5.59. The Morgan fingerprint density at radius 3 is 2.86 bits per heavy atom. The van der Waals surface area contributed by atoms with Crippen LogP contribution in [0.4, 0.5) is 0 Å². The van der Waals surface area contributed by atoms with E-state index >= 15 is 0 Å². The van der Waals surface area contributed by atoms with Gasteiger partial charge in [-0.05, 0) is 38.1 Å². The predicted octanol–water partition coefficient (Wildman–Crippen LogP) is 2.00. The van der Waals surface area contributed by atoms with Crippen LogP contribution in [0.2, 0.25) is 0 Å². The van der Waals surface area contributed by atoms with E-state index in [9.17, 15) is 9.90 Å². The lowest BCUT2D eigenvalue weighted by atomic mass is 9.92. The number of nitrogens with zero attached hydrogens (tertiary/aromatic N) is 1. The van der Waals surface area contributed by atoms with E-state index in [0.29, 0.717) is 18.9 Å². The fourth-order valence-electron chi connectivity index (χ4n) is 2.80. The van der Waals surface area contributed by atoms with Crippen molar-refractivity contribution in [2.45, 2.75) is 37.8 Å². The number of rotatable bonds is 6. The highest BCUT2D eigenvalue weighted by molar-refractivity contribution is 5.87. The van der Waals surface area contributed by atoms with Gasteiger partial charge in [0.1, 0.15) is 12.4 Å². The Morgan fingerprint density at radius 2 is 2.14 bits per heavy atom. The van der Waals surface area contributed by atoms with Crippen molar-refractivity contribution in [2.75, 3.05) is 20.2 Å². The number of hydrogen-bond donors (Lipinski definition) is 2. The van der Waals surface area contributed by atoms with Crippen molar-refractivity contribution in [2.24, 2.45) is 0 Å². The fourth-order valence-corrected chi connectivity index (χ4v) is 2.80. The van der Waals surface area contributed by atoms with Crippen LogP contribution < -0.4 is 4.74 Å². The number of ether oxygens (including phenoxy) is 1. The molecule has 1 aliphatic carbocycles. The molecule has 0 bridgehead atoms. The van der Waals surface area contributed by atoms with Crippen LogP contribution >= 0.6 is 0 Å². The van der Waals surface area contributed by atoms with E-state index in [1.807, 2.05) is 7.05 Å². The summed E-state index contributed by atoms with van der Waals surface area (Å²) >= 11 is 0. The number of carboxylic acids is 1. The summed E-state index contributed by atoms with van der Waals surface area (Å²) in [5, 5.41) is 18.9. The Balaban J connectivity index is 1.80.